The van der Waals surface area contributed by atoms with E-state index in [1.165, 1.54) is 12.1 Å². The molecule has 1 aliphatic heterocycles. The van der Waals surface area contributed by atoms with Gasteiger partial charge in [-0.1, -0.05) is 6.42 Å². The molecule has 4 N–H and O–H groups in total. The minimum absolute atomic E-state index is 0.0389. The van der Waals surface area contributed by atoms with Gasteiger partial charge in [0.15, 0.2) is 0 Å². The third-order valence-electron chi connectivity index (χ3n) is 4.17. The van der Waals surface area contributed by atoms with Gasteiger partial charge in [0.1, 0.15) is 5.66 Å². The van der Waals surface area contributed by atoms with Crippen molar-refractivity contribution in [3.63, 3.8) is 0 Å². The van der Waals surface area contributed by atoms with Crippen molar-refractivity contribution in [1.29, 1.82) is 0 Å². The van der Waals surface area contributed by atoms with Gasteiger partial charge < -0.3 is 11.5 Å². The molecule has 2 aliphatic rings. The van der Waals surface area contributed by atoms with Gasteiger partial charge in [-0.15, -0.1) is 0 Å². The Labute approximate surface area is 127 Å². The first-order chi connectivity index (χ1) is 10.5. The van der Waals surface area contributed by atoms with E-state index in [1.807, 2.05) is 4.90 Å². The molecule has 116 valence electrons. The maximum atomic E-state index is 10.8. The quantitative estimate of drug-likeness (QED) is 0.635. The largest absolute Gasteiger partial charge is 0.369 e. The number of hydrogen-bond donors (Lipinski definition) is 2. The van der Waals surface area contributed by atoms with Gasteiger partial charge >= 0.3 is 0 Å². The Morgan fingerprint density at radius 1 is 1.14 bits per heavy atom. The molecule has 0 saturated heterocycles. The molecule has 0 unspecified atom stereocenters. The fourth-order valence-electron chi connectivity index (χ4n) is 3.22. The van der Waals surface area contributed by atoms with Gasteiger partial charge in [-0.05, 0) is 37.8 Å². The Bertz CT molecular complexity index is 646. The lowest BCUT2D eigenvalue weighted by atomic mass is 9.87. The number of nitro benzene ring substituents is 1. The topological polar surface area (TPSA) is 123 Å². The lowest BCUT2D eigenvalue weighted by Gasteiger charge is -2.45. The number of benzene rings is 1. The average Bonchev–Trinajstić information content (AvgIpc) is 2.47. The SMILES string of the molecule is NC1=NC2(CCCCC2)N(c2ccc([N+](=O)[O-])cc2)C(N)=N1. The van der Waals surface area contributed by atoms with Gasteiger partial charge in [-0.25, -0.2) is 4.99 Å². The van der Waals surface area contributed by atoms with Crippen LogP contribution in [0.15, 0.2) is 34.3 Å². The molecule has 8 heteroatoms. The van der Waals surface area contributed by atoms with Crippen molar-refractivity contribution in [2.75, 3.05) is 4.90 Å². The second-order valence-electron chi connectivity index (χ2n) is 5.59. The van der Waals surface area contributed by atoms with Gasteiger partial charge in [0, 0.05) is 17.8 Å². The summed E-state index contributed by atoms with van der Waals surface area (Å²) in [7, 11) is 0. The van der Waals surface area contributed by atoms with Crippen molar-refractivity contribution in [2.45, 2.75) is 37.8 Å². The van der Waals surface area contributed by atoms with E-state index in [0.29, 0.717) is 0 Å². The van der Waals surface area contributed by atoms with Crippen LogP contribution in [0.5, 0.6) is 0 Å². The number of non-ortho nitro benzene ring substituents is 1. The van der Waals surface area contributed by atoms with Crippen LogP contribution in [-0.4, -0.2) is 22.5 Å². The molecule has 1 aromatic rings. The second-order valence-corrected chi connectivity index (χ2v) is 5.59. The molecular formula is C14H18N6O2. The Kier molecular flexibility index (Phi) is 3.44. The van der Waals surface area contributed by atoms with Crippen LogP contribution in [0.25, 0.3) is 0 Å². The van der Waals surface area contributed by atoms with Crippen LogP contribution in [-0.2, 0) is 0 Å². The van der Waals surface area contributed by atoms with E-state index >= 15 is 0 Å². The van der Waals surface area contributed by atoms with Crippen molar-refractivity contribution < 1.29 is 4.92 Å². The Balaban J connectivity index is 2.02. The molecule has 1 aromatic carbocycles. The summed E-state index contributed by atoms with van der Waals surface area (Å²) in [4.78, 5) is 20.8. The normalized spacial score (nSPS) is 20.5. The molecule has 0 bridgehead atoms. The van der Waals surface area contributed by atoms with Crippen LogP contribution < -0.4 is 16.4 Å². The van der Waals surface area contributed by atoms with Crippen molar-refractivity contribution >= 4 is 23.3 Å². The molecule has 0 amide bonds. The van der Waals surface area contributed by atoms with E-state index in [2.05, 4.69) is 9.98 Å². The minimum Gasteiger partial charge on any atom is -0.369 e. The molecule has 1 spiro atoms. The van der Waals surface area contributed by atoms with Crippen LogP contribution >= 0.6 is 0 Å². The molecule has 22 heavy (non-hydrogen) atoms. The highest BCUT2D eigenvalue weighted by atomic mass is 16.6. The summed E-state index contributed by atoms with van der Waals surface area (Å²) in [5.74, 6) is 0.473. The molecule has 0 atom stereocenters. The highest BCUT2D eigenvalue weighted by Gasteiger charge is 2.42. The van der Waals surface area contributed by atoms with Crippen LogP contribution in [0, 0.1) is 10.1 Å². The zero-order chi connectivity index (χ0) is 15.7. The van der Waals surface area contributed by atoms with Crippen molar-refractivity contribution in [3.05, 3.63) is 34.4 Å². The van der Waals surface area contributed by atoms with Gasteiger partial charge in [-0.2, -0.15) is 4.99 Å². The molecular weight excluding hydrogens is 284 g/mol. The maximum Gasteiger partial charge on any atom is 0.269 e. The highest BCUT2D eigenvalue weighted by Crippen LogP contribution is 2.39. The monoisotopic (exact) mass is 302 g/mol. The number of hydrogen-bond acceptors (Lipinski definition) is 7. The number of aliphatic imine (C=N–C) groups is 2. The lowest BCUT2D eigenvalue weighted by molar-refractivity contribution is -0.384. The van der Waals surface area contributed by atoms with Crippen LogP contribution in [0.4, 0.5) is 11.4 Å². The first kappa shape index (κ1) is 14.3. The molecule has 8 nitrogen and oxygen atoms in total. The van der Waals surface area contributed by atoms with Gasteiger partial charge in [0.2, 0.25) is 11.9 Å². The van der Waals surface area contributed by atoms with E-state index in [-0.39, 0.29) is 17.6 Å². The third-order valence-corrected chi connectivity index (χ3v) is 4.17. The number of rotatable bonds is 2. The Morgan fingerprint density at radius 3 is 2.36 bits per heavy atom. The van der Waals surface area contributed by atoms with Crippen molar-refractivity contribution in [3.8, 4) is 0 Å². The summed E-state index contributed by atoms with van der Waals surface area (Å²) in [5, 5.41) is 10.8. The predicted octanol–water partition coefficient (Wildman–Crippen LogP) is 1.70. The first-order valence-electron chi connectivity index (χ1n) is 7.26. The Hall–Kier alpha value is -2.64. The average molecular weight is 302 g/mol. The fraction of sp³-hybridized carbons (Fsp3) is 0.429. The van der Waals surface area contributed by atoms with Gasteiger partial charge in [-0.3, -0.25) is 15.0 Å². The van der Waals surface area contributed by atoms with Crippen LogP contribution in [0.3, 0.4) is 0 Å². The van der Waals surface area contributed by atoms with Crippen LogP contribution in [0.1, 0.15) is 32.1 Å². The summed E-state index contributed by atoms with van der Waals surface area (Å²) >= 11 is 0. The lowest BCUT2D eigenvalue weighted by Crippen LogP contribution is -2.58. The standard InChI is InChI=1S/C14H18N6O2/c15-12-17-13(16)19(14(18-12)8-2-1-3-9-14)10-4-6-11(7-5-10)20(21)22/h4-7H,1-3,8-9H2,(H4,15,16,17,18). The molecule has 1 heterocycles. The van der Waals surface area contributed by atoms with E-state index < -0.39 is 10.6 Å². The zero-order valence-electron chi connectivity index (χ0n) is 12.1. The predicted molar refractivity (Wildman–Crippen MR) is 84.6 cm³/mol. The molecule has 3 rings (SSSR count). The van der Waals surface area contributed by atoms with Crippen molar-refractivity contribution in [2.24, 2.45) is 21.5 Å². The number of anilines is 1. The molecule has 0 radical (unpaired) electrons. The molecule has 1 aliphatic carbocycles. The van der Waals surface area contributed by atoms with E-state index in [0.717, 1.165) is 37.8 Å². The van der Waals surface area contributed by atoms with Gasteiger partial charge in [0.25, 0.3) is 5.69 Å². The Morgan fingerprint density at radius 2 is 1.77 bits per heavy atom. The number of nitro groups is 1. The zero-order valence-corrected chi connectivity index (χ0v) is 12.1. The highest BCUT2D eigenvalue weighted by molar-refractivity contribution is 6.05. The first-order valence-corrected chi connectivity index (χ1v) is 7.26. The summed E-state index contributed by atoms with van der Waals surface area (Å²) < 4.78 is 0. The number of nitrogens with zero attached hydrogens (tertiary/aromatic N) is 4. The second kappa shape index (κ2) is 5.28. The van der Waals surface area contributed by atoms with Gasteiger partial charge in [0.05, 0.1) is 4.92 Å². The smallest absolute Gasteiger partial charge is 0.269 e. The third kappa shape index (κ3) is 2.36. The number of guanidine groups is 2. The molecule has 1 fully saturated rings. The maximum absolute atomic E-state index is 10.8. The van der Waals surface area contributed by atoms with E-state index in [4.69, 9.17) is 11.5 Å². The van der Waals surface area contributed by atoms with Crippen molar-refractivity contribution in [1.82, 2.24) is 0 Å². The summed E-state index contributed by atoms with van der Waals surface area (Å²) in [6, 6.07) is 6.27. The van der Waals surface area contributed by atoms with E-state index in [1.54, 1.807) is 12.1 Å². The summed E-state index contributed by atoms with van der Waals surface area (Å²) in [5.41, 5.74) is 12.1. The molecule has 0 aromatic heterocycles. The van der Waals surface area contributed by atoms with E-state index in [9.17, 15) is 10.1 Å². The fourth-order valence-corrected chi connectivity index (χ4v) is 3.22. The van der Waals surface area contributed by atoms with Crippen LogP contribution in [0.2, 0.25) is 0 Å². The summed E-state index contributed by atoms with van der Waals surface area (Å²) in [6.07, 6.45) is 4.89. The minimum atomic E-state index is -0.524. The molecule has 1 saturated carbocycles. The summed E-state index contributed by atoms with van der Waals surface area (Å²) in [6.45, 7) is 0. The number of nitrogens with two attached hydrogens (primary N) is 2.